The third-order valence-electron chi connectivity index (χ3n) is 3.13. The van der Waals surface area contributed by atoms with Gasteiger partial charge in [0.1, 0.15) is 5.75 Å². The van der Waals surface area contributed by atoms with E-state index in [2.05, 4.69) is 4.90 Å². The number of para-hydroxylation sites is 2. The number of esters is 1. The lowest BCUT2D eigenvalue weighted by atomic mass is 10.1. The molecule has 1 aliphatic rings. The molecule has 1 aromatic rings. The van der Waals surface area contributed by atoms with Crippen molar-refractivity contribution in [3.05, 3.63) is 24.3 Å². The fourth-order valence-corrected chi connectivity index (χ4v) is 2.19. The third kappa shape index (κ3) is 2.75. The molecular formula is C14H19NO3. The van der Waals surface area contributed by atoms with Crippen LogP contribution in [0.25, 0.3) is 0 Å². The summed E-state index contributed by atoms with van der Waals surface area (Å²) >= 11 is 0. The van der Waals surface area contributed by atoms with Crippen LogP contribution in [0.15, 0.2) is 24.3 Å². The predicted molar refractivity (Wildman–Crippen MR) is 69.9 cm³/mol. The maximum absolute atomic E-state index is 11.5. The summed E-state index contributed by atoms with van der Waals surface area (Å²) in [5.41, 5.74) is 1.06. The van der Waals surface area contributed by atoms with Crippen LogP contribution in [0.5, 0.6) is 5.75 Å². The van der Waals surface area contributed by atoms with E-state index >= 15 is 0 Å². The maximum Gasteiger partial charge on any atom is 0.310 e. The Morgan fingerprint density at radius 1 is 1.50 bits per heavy atom. The molecule has 0 spiro atoms. The van der Waals surface area contributed by atoms with Crippen LogP contribution in [0.4, 0.5) is 5.69 Å². The molecule has 4 nitrogen and oxygen atoms in total. The van der Waals surface area contributed by atoms with Crippen LogP contribution in [-0.2, 0) is 9.53 Å². The van der Waals surface area contributed by atoms with Gasteiger partial charge in [0.25, 0.3) is 0 Å². The van der Waals surface area contributed by atoms with Gasteiger partial charge in [0, 0.05) is 13.1 Å². The fourth-order valence-electron chi connectivity index (χ4n) is 2.19. The summed E-state index contributed by atoms with van der Waals surface area (Å²) in [6.07, 6.45) is 0.961. The summed E-state index contributed by atoms with van der Waals surface area (Å²) in [6.45, 7) is 4.17. The van der Waals surface area contributed by atoms with E-state index < -0.39 is 0 Å². The minimum absolute atomic E-state index is 0.138. The van der Waals surface area contributed by atoms with Crippen molar-refractivity contribution in [2.75, 3.05) is 31.7 Å². The number of methoxy groups -OCH3 is 1. The van der Waals surface area contributed by atoms with E-state index in [0.717, 1.165) is 31.0 Å². The smallest absolute Gasteiger partial charge is 0.310 e. The van der Waals surface area contributed by atoms with Gasteiger partial charge < -0.3 is 14.4 Å². The molecule has 1 aliphatic heterocycles. The number of nitrogens with zero attached hydrogens (tertiary/aromatic N) is 1. The van der Waals surface area contributed by atoms with Gasteiger partial charge in [-0.2, -0.15) is 0 Å². The van der Waals surface area contributed by atoms with Gasteiger partial charge in [0.2, 0.25) is 0 Å². The number of carbonyl (C=O) groups excluding carboxylic acids is 1. The van der Waals surface area contributed by atoms with Gasteiger partial charge in [-0.05, 0) is 18.6 Å². The maximum atomic E-state index is 11.5. The van der Waals surface area contributed by atoms with Crippen LogP contribution >= 0.6 is 0 Å². The lowest BCUT2D eigenvalue weighted by Crippen LogP contribution is -2.32. The molecule has 0 aromatic heterocycles. The van der Waals surface area contributed by atoms with Gasteiger partial charge in [-0.1, -0.05) is 19.1 Å². The molecule has 0 bridgehead atoms. The van der Waals surface area contributed by atoms with E-state index in [9.17, 15) is 4.79 Å². The van der Waals surface area contributed by atoms with Crippen LogP contribution in [0.2, 0.25) is 0 Å². The topological polar surface area (TPSA) is 38.8 Å². The minimum atomic E-state index is -0.169. The van der Waals surface area contributed by atoms with Crippen molar-refractivity contribution in [3.8, 4) is 5.75 Å². The van der Waals surface area contributed by atoms with Crippen molar-refractivity contribution >= 4 is 11.7 Å². The average Bonchev–Trinajstić information content (AvgIpc) is 2.60. The van der Waals surface area contributed by atoms with Gasteiger partial charge in [-0.15, -0.1) is 0 Å². The highest BCUT2D eigenvalue weighted by Gasteiger charge is 2.21. The number of carbonyl (C=O) groups is 1. The van der Waals surface area contributed by atoms with Crippen LogP contribution in [0.3, 0.4) is 0 Å². The van der Waals surface area contributed by atoms with E-state index in [1.54, 1.807) is 0 Å². The Labute approximate surface area is 107 Å². The largest absolute Gasteiger partial charge is 0.491 e. The first-order chi connectivity index (χ1) is 8.72. The number of benzene rings is 1. The molecule has 1 atom stereocenters. The van der Waals surface area contributed by atoms with E-state index in [4.69, 9.17) is 9.47 Å². The molecule has 18 heavy (non-hydrogen) atoms. The normalized spacial score (nSPS) is 16.2. The Hall–Kier alpha value is -1.71. The molecule has 1 aromatic carbocycles. The first-order valence-corrected chi connectivity index (χ1v) is 6.27. The number of ether oxygens (including phenoxy) is 2. The lowest BCUT2D eigenvalue weighted by molar-refractivity contribution is -0.144. The monoisotopic (exact) mass is 249 g/mol. The van der Waals surface area contributed by atoms with Crippen LogP contribution < -0.4 is 9.64 Å². The van der Waals surface area contributed by atoms with Crippen LogP contribution in [-0.4, -0.2) is 32.8 Å². The number of hydrogen-bond acceptors (Lipinski definition) is 4. The molecule has 0 radical (unpaired) electrons. The van der Waals surface area contributed by atoms with Gasteiger partial charge in [0.05, 0.1) is 25.3 Å². The molecular weight excluding hydrogens is 230 g/mol. The molecule has 0 saturated heterocycles. The van der Waals surface area contributed by atoms with Crippen molar-refractivity contribution in [2.24, 2.45) is 5.92 Å². The Morgan fingerprint density at radius 3 is 3.06 bits per heavy atom. The molecule has 2 rings (SSSR count). The second-order valence-corrected chi connectivity index (χ2v) is 4.54. The molecule has 0 saturated carbocycles. The SMILES string of the molecule is COC(=O)C(C)CN1CCCOc2ccccc21. The highest BCUT2D eigenvalue weighted by Crippen LogP contribution is 2.30. The Bertz CT molecular complexity index is 419. The quantitative estimate of drug-likeness (QED) is 0.769. The first-order valence-electron chi connectivity index (χ1n) is 6.27. The molecule has 0 aliphatic carbocycles. The van der Waals surface area contributed by atoms with Crippen molar-refractivity contribution in [1.29, 1.82) is 0 Å². The van der Waals surface area contributed by atoms with Crippen molar-refractivity contribution < 1.29 is 14.3 Å². The number of hydrogen-bond donors (Lipinski definition) is 0. The van der Waals surface area contributed by atoms with E-state index in [0.29, 0.717) is 6.54 Å². The van der Waals surface area contributed by atoms with E-state index in [-0.39, 0.29) is 11.9 Å². The second kappa shape index (κ2) is 5.76. The van der Waals surface area contributed by atoms with E-state index in [1.165, 1.54) is 7.11 Å². The summed E-state index contributed by atoms with van der Waals surface area (Å²) in [4.78, 5) is 13.7. The van der Waals surface area contributed by atoms with Crippen LogP contribution in [0.1, 0.15) is 13.3 Å². The number of fused-ring (bicyclic) bond motifs is 1. The van der Waals surface area contributed by atoms with Crippen LogP contribution in [0, 0.1) is 5.92 Å². The second-order valence-electron chi connectivity index (χ2n) is 4.54. The predicted octanol–water partition coefficient (Wildman–Crippen LogP) is 2.08. The fraction of sp³-hybridized carbons (Fsp3) is 0.500. The molecule has 1 heterocycles. The standard InChI is InChI=1S/C14H19NO3/c1-11(14(16)17-2)10-15-8-5-9-18-13-7-4-3-6-12(13)15/h3-4,6-7,11H,5,8-10H2,1-2H3. The molecule has 1 unspecified atom stereocenters. The minimum Gasteiger partial charge on any atom is -0.491 e. The summed E-state index contributed by atoms with van der Waals surface area (Å²) in [5, 5.41) is 0. The zero-order valence-corrected chi connectivity index (χ0v) is 10.9. The molecule has 98 valence electrons. The van der Waals surface area contributed by atoms with Gasteiger partial charge in [-0.25, -0.2) is 0 Å². The van der Waals surface area contributed by atoms with Crippen molar-refractivity contribution in [3.63, 3.8) is 0 Å². The summed E-state index contributed by atoms with van der Waals surface area (Å²) in [7, 11) is 1.43. The summed E-state index contributed by atoms with van der Waals surface area (Å²) in [5.74, 6) is 0.589. The van der Waals surface area contributed by atoms with Crippen molar-refractivity contribution in [1.82, 2.24) is 0 Å². The average molecular weight is 249 g/mol. The number of rotatable bonds is 3. The van der Waals surface area contributed by atoms with Crippen molar-refractivity contribution in [2.45, 2.75) is 13.3 Å². The van der Waals surface area contributed by atoms with E-state index in [1.807, 2.05) is 31.2 Å². The number of anilines is 1. The molecule has 0 N–H and O–H groups in total. The van der Waals surface area contributed by atoms with Gasteiger partial charge in [0.15, 0.2) is 0 Å². The Morgan fingerprint density at radius 2 is 2.28 bits per heavy atom. The third-order valence-corrected chi connectivity index (χ3v) is 3.13. The summed E-state index contributed by atoms with van der Waals surface area (Å²) in [6, 6.07) is 7.95. The summed E-state index contributed by atoms with van der Waals surface area (Å²) < 4.78 is 10.5. The highest BCUT2D eigenvalue weighted by atomic mass is 16.5. The zero-order chi connectivity index (χ0) is 13.0. The molecule has 0 fully saturated rings. The zero-order valence-electron chi connectivity index (χ0n) is 10.9. The van der Waals surface area contributed by atoms with Gasteiger partial charge >= 0.3 is 5.97 Å². The van der Waals surface area contributed by atoms with Gasteiger partial charge in [-0.3, -0.25) is 4.79 Å². The Kier molecular flexibility index (Phi) is 4.07. The molecule has 0 amide bonds. The first kappa shape index (κ1) is 12.7. The molecule has 4 heteroatoms. The highest BCUT2D eigenvalue weighted by molar-refractivity contribution is 5.73. The Balaban J connectivity index is 2.15. The lowest BCUT2D eigenvalue weighted by Gasteiger charge is -2.25.